The molecule has 68 valence electrons. The average molecular weight is 165 g/mol. The van der Waals surface area contributed by atoms with Gasteiger partial charge in [-0.3, -0.25) is 0 Å². The predicted molar refractivity (Wildman–Crippen MR) is 52.7 cm³/mol. The van der Waals surface area contributed by atoms with Gasteiger partial charge in [-0.2, -0.15) is 5.26 Å². The van der Waals surface area contributed by atoms with Gasteiger partial charge in [-0.15, -0.1) is 0 Å². The second-order valence-electron chi connectivity index (χ2n) is 3.07. The zero-order valence-corrected chi connectivity index (χ0v) is 8.21. The molecule has 0 heterocycles. The fraction of sp³-hybridized carbons (Fsp3) is 0.727. The minimum Gasteiger partial charge on any atom is -0.198 e. The maximum Gasteiger partial charge on any atom is 0.0655 e. The molecule has 0 aliphatic rings. The molecule has 0 rings (SSSR count). The van der Waals surface area contributed by atoms with Crippen molar-refractivity contribution in [3.8, 4) is 6.07 Å². The van der Waals surface area contributed by atoms with Crippen molar-refractivity contribution < 1.29 is 0 Å². The summed E-state index contributed by atoms with van der Waals surface area (Å²) in [6, 6.07) is 2.35. The SMILES string of the molecule is CC/C=C\CCC(C#N)CCC. The number of hydrogen-bond acceptors (Lipinski definition) is 1. The molecule has 12 heavy (non-hydrogen) atoms. The van der Waals surface area contributed by atoms with E-state index >= 15 is 0 Å². The monoisotopic (exact) mass is 165 g/mol. The number of rotatable bonds is 6. The summed E-state index contributed by atoms with van der Waals surface area (Å²) in [6.07, 6.45) is 9.71. The fourth-order valence-electron chi connectivity index (χ4n) is 1.20. The van der Waals surface area contributed by atoms with E-state index < -0.39 is 0 Å². The van der Waals surface area contributed by atoms with Crippen LogP contribution in [0.15, 0.2) is 12.2 Å². The van der Waals surface area contributed by atoms with Crippen LogP contribution in [-0.2, 0) is 0 Å². The van der Waals surface area contributed by atoms with Gasteiger partial charge in [-0.25, -0.2) is 0 Å². The Labute approximate surface area is 76.1 Å². The van der Waals surface area contributed by atoms with Crippen molar-refractivity contribution in [1.82, 2.24) is 0 Å². The molecule has 0 aliphatic heterocycles. The van der Waals surface area contributed by atoms with Gasteiger partial charge in [0.15, 0.2) is 0 Å². The predicted octanol–water partition coefficient (Wildman–Crippen LogP) is 3.67. The van der Waals surface area contributed by atoms with Crippen LogP contribution in [0.3, 0.4) is 0 Å². The first kappa shape index (κ1) is 11.2. The molecule has 0 saturated carbocycles. The minimum atomic E-state index is 0.275. The maximum absolute atomic E-state index is 8.74. The number of hydrogen-bond donors (Lipinski definition) is 0. The Bertz CT molecular complexity index is 153. The molecule has 1 unspecified atom stereocenters. The van der Waals surface area contributed by atoms with Crippen LogP contribution in [0.4, 0.5) is 0 Å². The number of allylic oxidation sites excluding steroid dienone is 2. The Hall–Kier alpha value is -0.770. The van der Waals surface area contributed by atoms with Gasteiger partial charge in [0.1, 0.15) is 0 Å². The Balaban J connectivity index is 3.46. The largest absolute Gasteiger partial charge is 0.198 e. The smallest absolute Gasteiger partial charge is 0.0655 e. The fourth-order valence-corrected chi connectivity index (χ4v) is 1.20. The molecule has 1 nitrogen and oxygen atoms in total. The third-order valence-electron chi connectivity index (χ3n) is 1.90. The normalized spacial score (nSPS) is 13.1. The molecule has 0 aliphatic carbocycles. The van der Waals surface area contributed by atoms with Gasteiger partial charge < -0.3 is 0 Å². The van der Waals surface area contributed by atoms with Crippen LogP contribution in [0.25, 0.3) is 0 Å². The molecule has 0 amide bonds. The van der Waals surface area contributed by atoms with Crippen LogP contribution in [0.5, 0.6) is 0 Å². The van der Waals surface area contributed by atoms with Crippen LogP contribution in [0.1, 0.15) is 46.0 Å². The van der Waals surface area contributed by atoms with Crippen molar-refractivity contribution in [3.05, 3.63) is 12.2 Å². The molecule has 0 aromatic rings. The van der Waals surface area contributed by atoms with Gasteiger partial charge in [0.25, 0.3) is 0 Å². The highest BCUT2D eigenvalue weighted by molar-refractivity contribution is 4.87. The van der Waals surface area contributed by atoms with Gasteiger partial charge >= 0.3 is 0 Å². The Morgan fingerprint density at radius 1 is 1.25 bits per heavy atom. The molecular formula is C11H19N. The lowest BCUT2D eigenvalue weighted by atomic mass is 10.00. The summed E-state index contributed by atoms with van der Waals surface area (Å²) in [5.41, 5.74) is 0. The van der Waals surface area contributed by atoms with E-state index in [-0.39, 0.29) is 5.92 Å². The van der Waals surface area contributed by atoms with Crippen LogP contribution < -0.4 is 0 Å². The standard InChI is InChI=1S/C11H19N/c1-3-5-6-7-9-11(10-12)8-4-2/h5-6,11H,3-4,7-9H2,1-2H3/b6-5-. The highest BCUT2D eigenvalue weighted by atomic mass is 14.3. The lowest BCUT2D eigenvalue weighted by molar-refractivity contribution is 0.553. The van der Waals surface area contributed by atoms with E-state index in [0.717, 1.165) is 32.1 Å². The van der Waals surface area contributed by atoms with E-state index in [9.17, 15) is 0 Å². The molecule has 0 saturated heterocycles. The summed E-state index contributed by atoms with van der Waals surface area (Å²) in [4.78, 5) is 0. The lowest BCUT2D eigenvalue weighted by Gasteiger charge is -2.03. The molecule has 0 spiro atoms. The Morgan fingerprint density at radius 2 is 2.00 bits per heavy atom. The molecule has 0 radical (unpaired) electrons. The second-order valence-corrected chi connectivity index (χ2v) is 3.07. The van der Waals surface area contributed by atoms with Crippen LogP contribution in [0, 0.1) is 17.2 Å². The molecule has 0 N–H and O–H groups in total. The zero-order valence-electron chi connectivity index (χ0n) is 8.21. The minimum absolute atomic E-state index is 0.275. The molecule has 0 aromatic heterocycles. The van der Waals surface area contributed by atoms with Crippen molar-refractivity contribution in [3.63, 3.8) is 0 Å². The van der Waals surface area contributed by atoms with Gasteiger partial charge in [-0.1, -0.05) is 32.4 Å². The first-order chi connectivity index (χ1) is 5.85. The summed E-state index contributed by atoms with van der Waals surface area (Å²) in [5.74, 6) is 0.275. The summed E-state index contributed by atoms with van der Waals surface area (Å²) in [6.45, 7) is 4.26. The molecule has 0 bridgehead atoms. The van der Waals surface area contributed by atoms with Crippen molar-refractivity contribution in [1.29, 1.82) is 5.26 Å². The van der Waals surface area contributed by atoms with Crippen molar-refractivity contribution >= 4 is 0 Å². The molecule has 0 aromatic carbocycles. The third kappa shape index (κ3) is 5.97. The number of nitrogens with zero attached hydrogens (tertiary/aromatic N) is 1. The second kappa shape index (κ2) is 8.33. The molecular weight excluding hydrogens is 146 g/mol. The summed E-state index contributed by atoms with van der Waals surface area (Å²) in [5, 5.41) is 8.74. The van der Waals surface area contributed by atoms with Crippen molar-refractivity contribution in [2.75, 3.05) is 0 Å². The van der Waals surface area contributed by atoms with Crippen molar-refractivity contribution in [2.24, 2.45) is 5.92 Å². The highest BCUT2D eigenvalue weighted by Crippen LogP contribution is 2.12. The summed E-state index contributed by atoms with van der Waals surface area (Å²) >= 11 is 0. The van der Waals surface area contributed by atoms with Gasteiger partial charge in [-0.05, 0) is 25.7 Å². The topological polar surface area (TPSA) is 23.8 Å². The Morgan fingerprint density at radius 3 is 2.50 bits per heavy atom. The first-order valence-corrected chi connectivity index (χ1v) is 4.89. The zero-order chi connectivity index (χ0) is 9.23. The van der Waals surface area contributed by atoms with E-state index in [4.69, 9.17) is 5.26 Å². The molecule has 0 fully saturated rings. The average Bonchev–Trinajstić information content (AvgIpc) is 2.10. The molecule has 1 heteroatoms. The quantitative estimate of drug-likeness (QED) is 0.551. The van der Waals surface area contributed by atoms with Crippen LogP contribution in [-0.4, -0.2) is 0 Å². The van der Waals surface area contributed by atoms with E-state index in [1.165, 1.54) is 0 Å². The highest BCUT2D eigenvalue weighted by Gasteiger charge is 2.03. The van der Waals surface area contributed by atoms with Gasteiger partial charge in [0.2, 0.25) is 0 Å². The summed E-state index contributed by atoms with van der Waals surface area (Å²) < 4.78 is 0. The lowest BCUT2D eigenvalue weighted by Crippen LogP contribution is -1.94. The van der Waals surface area contributed by atoms with Crippen LogP contribution >= 0.6 is 0 Å². The summed E-state index contributed by atoms with van der Waals surface area (Å²) in [7, 11) is 0. The first-order valence-electron chi connectivity index (χ1n) is 4.89. The van der Waals surface area contributed by atoms with Crippen LogP contribution in [0.2, 0.25) is 0 Å². The maximum atomic E-state index is 8.74. The van der Waals surface area contributed by atoms with E-state index in [1.807, 2.05) is 0 Å². The van der Waals surface area contributed by atoms with Crippen molar-refractivity contribution in [2.45, 2.75) is 46.0 Å². The van der Waals surface area contributed by atoms with E-state index in [1.54, 1.807) is 0 Å². The van der Waals surface area contributed by atoms with E-state index in [2.05, 4.69) is 32.1 Å². The van der Waals surface area contributed by atoms with Gasteiger partial charge in [0, 0.05) is 5.92 Å². The van der Waals surface area contributed by atoms with E-state index in [0.29, 0.717) is 0 Å². The van der Waals surface area contributed by atoms with Gasteiger partial charge in [0.05, 0.1) is 6.07 Å². The Kier molecular flexibility index (Phi) is 7.79. The number of nitriles is 1. The third-order valence-corrected chi connectivity index (χ3v) is 1.90. The molecule has 1 atom stereocenters.